The van der Waals surface area contributed by atoms with Crippen LogP contribution < -0.4 is 10.5 Å². The van der Waals surface area contributed by atoms with Gasteiger partial charge in [0.05, 0.1) is 0 Å². The van der Waals surface area contributed by atoms with Gasteiger partial charge in [0, 0.05) is 23.6 Å². The summed E-state index contributed by atoms with van der Waals surface area (Å²) in [5, 5.41) is 1.15. The molecule has 0 aliphatic rings. The number of hydrogen-bond acceptors (Lipinski definition) is 2. The first-order valence-corrected chi connectivity index (χ1v) is 4.72. The maximum Gasteiger partial charge on any atom is 0.128 e. The summed E-state index contributed by atoms with van der Waals surface area (Å²) in [5.74, 6) is 0.909. The van der Waals surface area contributed by atoms with E-state index in [0.717, 1.165) is 16.7 Å². The maximum absolute atomic E-state index is 5.56. The highest BCUT2D eigenvalue weighted by Gasteiger charge is 2.05. The Morgan fingerprint density at radius 1 is 1.43 bits per heavy atom. The van der Waals surface area contributed by atoms with Crippen LogP contribution in [0.4, 0.5) is 0 Å². The Kier molecular flexibility index (Phi) is 2.41. The van der Waals surface area contributed by atoms with E-state index in [2.05, 4.69) is 11.9 Å². The maximum atomic E-state index is 5.56. The average Bonchev–Trinajstić information content (AvgIpc) is 2.58. The van der Waals surface area contributed by atoms with Crippen LogP contribution in [-0.4, -0.2) is 18.1 Å². The van der Waals surface area contributed by atoms with Crippen molar-refractivity contribution < 1.29 is 4.74 Å². The summed E-state index contributed by atoms with van der Waals surface area (Å²) in [7, 11) is 0. The summed E-state index contributed by atoms with van der Waals surface area (Å²) in [6, 6.07) is 5.99. The number of rotatable bonds is 3. The highest BCUT2D eigenvalue weighted by molar-refractivity contribution is 5.89. The number of hydrogen-bond donors (Lipinski definition) is 2. The lowest BCUT2D eigenvalue weighted by molar-refractivity contribution is 0.332. The van der Waals surface area contributed by atoms with Gasteiger partial charge in [0.1, 0.15) is 12.4 Å². The number of aryl methyl sites for hydroxylation is 1. The number of nitrogens with one attached hydrogen (secondary N) is 1. The molecule has 0 radical (unpaired) electrons. The van der Waals surface area contributed by atoms with Crippen molar-refractivity contribution in [2.45, 2.75) is 6.92 Å². The number of fused-ring (bicyclic) bond motifs is 1. The summed E-state index contributed by atoms with van der Waals surface area (Å²) in [6.45, 7) is 3.16. The van der Waals surface area contributed by atoms with Gasteiger partial charge in [0.2, 0.25) is 0 Å². The molecule has 3 nitrogen and oxygen atoms in total. The van der Waals surface area contributed by atoms with Crippen molar-refractivity contribution in [1.29, 1.82) is 0 Å². The smallest absolute Gasteiger partial charge is 0.128 e. The standard InChI is InChI=1S/C11H14N2O/c1-8-7-13-9-3-2-4-10(11(8)9)14-6-5-12/h2-4,7,13H,5-6,12H2,1H3. The van der Waals surface area contributed by atoms with Crippen LogP contribution in [-0.2, 0) is 0 Å². The Morgan fingerprint density at radius 3 is 3.07 bits per heavy atom. The zero-order valence-electron chi connectivity index (χ0n) is 8.21. The molecule has 0 spiro atoms. The van der Waals surface area contributed by atoms with Crippen molar-refractivity contribution in [2.24, 2.45) is 5.73 Å². The Morgan fingerprint density at radius 2 is 2.29 bits per heavy atom. The van der Waals surface area contributed by atoms with Gasteiger partial charge in [0.15, 0.2) is 0 Å². The van der Waals surface area contributed by atoms with Crippen LogP contribution in [0.15, 0.2) is 24.4 Å². The molecule has 1 heterocycles. The van der Waals surface area contributed by atoms with Crippen LogP contribution in [0.1, 0.15) is 5.56 Å². The predicted molar refractivity (Wildman–Crippen MR) is 57.6 cm³/mol. The zero-order chi connectivity index (χ0) is 9.97. The van der Waals surface area contributed by atoms with Crippen molar-refractivity contribution in [2.75, 3.05) is 13.2 Å². The first-order valence-electron chi connectivity index (χ1n) is 4.72. The predicted octanol–water partition coefficient (Wildman–Crippen LogP) is 1.81. The van der Waals surface area contributed by atoms with E-state index in [9.17, 15) is 0 Å². The molecule has 3 heteroatoms. The van der Waals surface area contributed by atoms with E-state index < -0.39 is 0 Å². The second-order valence-electron chi connectivity index (χ2n) is 3.29. The third-order valence-corrected chi connectivity index (χ3v) is 2.24. The molecule has 3 N–H and O–H groups in total. The Bertz CT molecular complexity index is 434. The van der Waals surface area contributed by atoms with Gasteiger partial charge in [0.25, 0.3) is 0 Å². The largest absolute Gasteiger partial charge is 0.492 e. The number of benzene rings is 1. The first-order chi connectivity index (χ1) is 6.83. The lowest BCUT2D eigenvalue weighted by Crippen LogP contribution is -2.10. The first kappa shape index (κ1) is 9.09. The van der Waals surface area contributed by atoms with E-state index in [0.29, 0.717) is 13.2 Å². The molecule has 0 aliphatic heterocycles. The fourth-order valence-electron chi connectivity index (χ4n) is 1.61. The second-order valence-corrected chi connectivity index (χ2v) is 3.29. The van der Waals surface area contributed by atoms with Gasteiger partial charge in [-0.15, -0.1) is 0 Å². The van der Waals surface area contributed by atoms with Crippen LogP contribution in [0.25, 0.3) is 10.9 Å². The van der Waals surface area contributed by atoms with Gasteiger partial charge in [-0.25, -0.2) is 0 Å². The van der Waals surface area contributed by atoms with Crippen LogP contribution in [0.3, 0.4) is 0 Å². The molecular formula is C11H14N2O. The fraction of sp³-hybridized carbons (Fsp3) is 0.273. The average molecular weight is 190 g/mol. The number of ether oxygens (including phenoxy) is 1. The van der Waals surface area contributed by atoms with E-state index in [-0.39, 0.29) is 0 Å². The van der Waals surface area contributed by atoms with Crippen LogP contribution in [0.5, 0.6) is 5.75 Å². The highest BCUT2D eigenvalue weighted by atomic mass is 16.5. The molecule has 2 rings (SSSR count). The van der Waals surface area contributed by atoms with Crippen molar-refractivity contribution in [1.82, 2.24) is 4.98 Å². The van der Waals surface area contributed by atoms with Crippen molar-refractivity contribution in [3.05, 3.63) is 30.0 Å². The summed E-state index contributed by atoms with van der Waals surface area (Å²) in [6.07, 6.45) is 1.99. The SMILES string of the molecule is Cc1c[nH]c2cccc(OCCN)c12. The molecule has 0 bridgehead atoms. The van der Waals surface area contributed by atoms with Gasteiger partial charge >= 0.3 is 0 Å². The summed E-state index contributed by atoms with van der Waals surface area (Å²) in [5.41, 5.74) is 7.71. The Balaban J connectivity index is 2.46. The van der Waals surface area contributed by atoms with Gasteiger partial charge in [-0.2, -0.15) is 0 Å². The van der Waals surface area contributed by atoms with E-state index in [1.807, 2.05) is 24.4 Å². The van der Waals surface area contributed by atoms with E-state index >= 15 is 0 Å². The quantitative estimate of drug-likeness (QED) is 0.775. The van der Waals surface area contributed by atoms with Crippen LogP contribution in [0.2, 0.25) is 0 Å². The molecule has 0 atom stereocenters. The second kappa shape index (κ2) is 3.72. The van der Waals surface area contributed by atoms with E-state index in [1.165, 1.54) is 5.56 Å². The molecule has 1 aromatic heterocycles. The number of aromatic amines is 1. The molecule has 14 heavy (non-hydrogen) atoms. The highest BCUT2D eigenvalue weighted by Crippen LogP contribution is 2.27. The van der Waals surface area contributed by atoms with Gasteiger partial charge in [-0.05, 0) is 24.6 Å². The minimum absolute atomic E-state index is 0.542. The van der Waals surface area contributed by atoms with E-state index in [4.69, 9.17) is 10.5 Å². The number of H-pyrrole nitrogens is 1. The minimum atomic E-state index is 0.542. The van der Waals surface area contributed by atoms with Crippen molar-refractivity contribution in [3.8, 4) is 5.75 Å². The van der Waals surface area contributed by atoms with Gasteiger partial charge in [-0.1, -0.05) is 6.07 Å². The van der Waals surface area contributed by atoms with Gasteiger partial charge < -0.3 is 15.5 Å². The molecule has 0 unspecified atom stereocenters. The molecule has 0 fully saturated rings. The van der Waals surface area contributed by atoms with Crippen molar-refractivity contribution in [3.63, 3.8) is 0 Å². The van der Waals surface area contributed by atoms with Crippen LogP contribution >= 0.6 is 0 Å². The third kappa shape index (κ3) is 1.46. The molecule has 2 aromatic rings. The Labute approximate surface area is 82.9 Å². The molecule has 0 saturated carbocycles. The third-order valence-electron chi connectivity index (χ3n) is 2.24. The molecule has 0 amide bonds. The lowest BCUT2D eigenvalue weighted by atomic mass is 10.2. The fourth-order valence-corrected chi connectivity index (χ4v) is 1.61. The number of nitrogens with two attached hydrogens (primary N) is 1. The van der Waals surface area contributed by atoms with Crippen LogP contribution in [0, 0.1) is 6.92 Å². The monoisotopic (exact) mass is 190 g/mol. The van der Waals surface area contributed by atoms with E-state index in [1.54, 1.807) is 0 Å². The van der Waals surface area contributed by atoms with Gasteiger partial charge in [-0.3, -0.25) is 0 Å². The summed E-state index contributed by atoms with van der Waals surface area (Å²) >= 11 is 0. The minimum Gasteiger partial charge on any atom is -0.492 e. The molecular weight excluding hydrogens is 176 g/mol. The molecule has 0 aliphatic carbocycles. The number of aromatic nitrogens is 1. The summed E-state index contributed by atoms with van der Waals surface area (Å²) < 4.78 is 5.56. The summed E-state index contributed by atoms with van der Waals surface area (Å²) in [4.78, 5) is 3.19. The normalized spacial score (nSPS) is 10.7. The zero-order valence-corrected chi connectivity index (χ0v) is 8.21. The lowest BCUT2D eigenvalue weighted by Gasteiger charge is -2.06. The van der Waals surface area contributed by atoms with Crippen molar-refractivity contribution >= 4 is 10.9 Å². The molecule has 74 valence electrons. The molecule has 0 saturated heterocycles. The molecule has 1 aromatic carbocycles. The Hall–Kier alpha value is -1.48. The topological polar surface area (TPSA) is 51.0 Å².